The number of nitrogens with two attached hydrogens (primary N) is 1. The van der Waals surface area contributed by atoms with E-state index in [-0.39, 0.29) is 49.1 Å². The molecule has 10 N–H and O–H groups in total. The second kappa shape index (κ2) is 28.3. The summed E-state index contributed by atoms with van der Waals surface area (Å²) in [7, 11) is 3.86. The number of nitrogens with one attached hydrogen (secondary N) is 7. The Morgan fingerprint density at radius 2 is 1.59 bits per heavy atom. The number of urea groups is 1. The first-order valence-corrected chi connectivity index (χ1v) is 24.2. The second-order valence-electron chi connectivity index (χ2n) is 17.9. The fourth-order valence-electron chi connectivity index (χ4n) is 8.06. The standard InChI is InChI=1S/C50H72N12O9/c1-33(2)45(49(68)58-41(9-7-21-55-50(51)69)48(67)57-37-12-10-34(3)11-13-37)59-47(66)40-15-14-38(31-42(40)63)56-43(64)19-26-70-28-29-71-27-22-53-36-16-23-61(24-17-36)44(65)18-25-62-39(32-60(5)52-4)30-35-8-6-20-54-46(35)62/h6,8,10-15,20,30-31,33,36,41,45,52-53,63H,7,9,16-19,21-29,32H2,1-5H3,(H,56,64)(H,57,67)(H,58,68)(H,59,66)(H3,51,55,69)/t41-,45-/m0/s1. The van der Waals surface area contributed by atoms with Gasteiger partial charge in [-0.1, -0.05) is 31.5 Å². The molecule has 4 aromatic rings. The summed E-state index contributed by atoms with van der Waals surface area (Å²) < 4.78 is 13.4. The zero-order chi connectivity index (χ0) is 51.3. The lowest BCUT2D eigenvalue weighted by atomic mass is 10.0. The Balaban J connectivity index is 0.949. The SMILES string of the molecule is CNN(C)Cc1cc2cccnc2n1CCC(=O)N1CCC(NCCOCCOCCC(=O)Nc2ccc(C(=O)N[C@H](C(=O)N[C@@H](CCCNC(N)=O)C(=O)Nc3ccc(C)cc3)C(C)C)c(O)c2)CC1. The fraction of sp³-hybridized carbons (Fsp3) is 0.500. The number of benzene rings is 2. The number of fused-ring (bicyclic) bond motifs is 1. The minimum Gasteiger partial charge on any atom is -0.507 e. The van der Waals surface area contributed by atoms with Gasteiger partial charge in [-0.2, -0.15) is 0 Å². The number of aromatic nitrogens is 2. The number of likely N-dealkylation sites (tertiary alicyclic amines) is 1. The fourth-order valence-corrected chi connectivity index (χ4v) is 8.06. The summed E-state index contributed by atoms with van der Waals surface area (Å²) in [6, 6.07) is 14.8. The highest BCUT2D eigenvalue weighted by molar-refractivity contribution is 6.02. The van der Waals surface area contributed by atoms with Crippen molar-refractivity contribution in [1.82, 2.24) is 46.2 Å². The number of hydrogen-bond donors (Lipinski definition) is 9. The van der Waals surface area contributed by atoms with Gasteiger partial charge in [-0.3, -0.25) is 29.4 Å². The number of anilines is 2. The molecule has 0 saturated carbocycles. The molecule has 5 rings (SSSR count). The minimum absolute atomic E-state index is 0.0401. The molecule has 1 aliphatic heterocycles. The third kappa shape index (κ3) is 17.9. The van der Waals surface area contributed by atoms with Crippen molar-refractivity contribution in [3.8, 4) is 5.75 Å². The molecule has 1 fully saturated rings. The Kier molecular flexibility index (Phi) is 22.0. The Morgan fingerprint density at radius 3 is 2.28 bits per heavy atom. The van der Waals surface area contributed by atoms with Gasteiger partial charge in [0.1, 0.15) is 23.5 Å². The van der Waals surface area contributed by atoms with Crippen molar-refractivity contribution < 1.29 is 43.3 Å². The van der Waals surface area contributed by atoms with Crippen LogP contribution in [0, 0.1) is 12.8 Å². The van der Waals surface area contributed by atoms with Crippen molar-refractivity contribution in [2.24, 2.45) is 11.7 Å². The molecule has 1 saturated heterocycles. The van der Waals surface area contributed by atoms with Crippen molar-refractivity contribution in [3.05, 3.63) is 83.7 Å². The van der Waals surface area contributed by atoms with E-state index in [4.69, 9.17) is 15.2 Å². The van der Waals surface area contributed by atoms with Crippen molar-refractivity contribution in [1.29, 1.82) is 0 Å². The number of primary amides is 1. The van der Waals surface area contributed by atoms with Crippen LogP contribution in [0.4, 0.5) is 16.2 Å². The Hall–Kier alpha value is -6.65. The van der Waals surface area contributed by atoms with E-state index in [1.165, 1.54) is 18.2 Å². The van der Waals surface area contributed by atoms with E-state index in [0.29, 0.717) is 77.1 Å². The quantitative estimate of drug-likeness (QED) is 0.0293. The lowest BCUT2D eigenvalue weighted by Crippen LogP contribution is -2.54. The van der Waals surface area contributed by atoms with Crippen molar-refractivity contribution >= 4 is 58.0 Å². The van der Waals surface area contributed by atoms with Gasteiger partial charge < -0.3 is 61.7 Å². The van der Waals surface area contributed by atoms with Gasteiger partial charge in [0.25, 0.3) is 5.91 Å². The summed E-state index contributed by atoms with van der Waals surface area (Å²) >= 11 is 0. The highest BCUT2D eigenvalue weighted by Crippen LogP contribution is 2.24. The summed E-state index contributed by atoms with van der Waals surface area (Å²) in [5, 5.41) is 30.7. The third-order valence-corrected chi connectivity index (χ3v) is 12.1. The van der Waals surface area contributed by atoms with Gasteiger partial charge in [0.05, 0.1) is 45.0 Å². The predicted molar refractivity (Wildman–Crippen MR) is 270 cm³/mol. The first-order chi connectivity index (χ1) is 34.1. The number of phenols is 1. The smallest absolute Gasteiger partial charge is 0.312 e. The van der Waals surface area contributed by atoms with Gasteiger partial charge >= 0.3 is 6.03 Å². The zero-order valence-corrected chi connectivity index (χ0v) is 41.6. The number of hydrogen-bond acceptors (Lipinski definition) is 13. The number of piperidine rings is 1. The number of pyridine rings is 1. The van der Waals surface area contributed by atoms with Crippen LogP contribution in [-0.4, -0.2) is 145 Å². The zero-order valence-electron chi connectivity index (χ0n) is 41.6. The van der Waals surface area contributed by atoms with Gasteiger partial charge in [-0.05, 0) is 88.0 Å². The van der Waals surface area contributed by atoms with Crippen LogP contribution in [0.3, 0.4) is 0 Å². The summed E-state index contributed by atoms with van der Waals surface area (Å²) in [5.74, 6) is -2.90. The summed E-state index contributed by atoms with van der Waals surface area (Å²) in [4.78, 5) is 83.8. The predicted octanol–water partition coefficient (Wildman–Crippen LogP) is 2.98. The number of carbonyl (C=O) groups excluding carboxylic acids is 6. The van der Waals surface area contributed by atoms with Crippen LogP contribution < -0.4 is 43.1 Å². The van der Waals surface area contributed by atoms with E-state index in [1.54, 1.807) is 32.2 Å². The van der Waals surface area contributed by atoms with Crippen LogP contribution in [0.25, 0.3) is 11.0 Å². The van der Waals surface area contributed by atoms with Gasteiger partial charge in [0.15, 0.2) is 0 Å². The van der Waals surface area contributed by atoms with E-state index in [2.05, 4.69) is 52.9 Å². The van der Waals surface area contributed by atoms with E-state index in [0.717, 1.165) is 35.1 Å². The minimum atomic E-state index is -1.09. The van der Waals surface area contributed by atoms with Crippen LogP contribution in [0.5, 0.6) is 5.75 Å². The molecule has 0 radical (unpaired) electrons. The maximum absolute atomic E-state index is 13.6. The lowest BCUT2D eigenvalue weighted by Gasteiger charge is -2.32. The molecule has 71 heavy (non-hydrogen) atoms. The number of aryl methyl sites for hydroxylation is 2. The number of hydrazine groups is 1. The molecule has 386 valence electrons. The number of rotatable bonds is 28. The molecule has 3 heterocycles. The largest absolute Gasteiger partial charge is 0.507 e. The molecule has 2 atom stereocenters. The number of aromatic hydroxyl groups is 1. The molecule has 2 aromatic carbocycles. The van der Waals surface area contributed by atoms with Crippen molar-refractivity contribution in [2.75, 3.05) is 77.3 Å². The molecule has 0 unspecified atom stereocenters. The van der Waals surface area contributed by atoms with Crippen LogP contribution in [0.1, 0.15) is 74.0 Å². The second-order valence-corrected chi connectivity index (χ2v) is 17.9. The lowest BCUT2D eigenvalue weighted by molar-refractivity contribution is -0.132. The van der Waals surface area contributed by atoms with E-state index in [1.807, 2.05) is 55.2 Å². The monoisotopic (exact) mass is 985 g/mol. The number of phenolic OH excluding ortho intramolecular Hbond substituents is 1. The molecule has 0 bridgehead atoms. The average molecular weight is 985 g/mol. The first-order valence-electron chi connectivity index (χ1n) is 24.2. The van der Waals surface area contributed by atoms with Crippen LogP contribution in [0.15, 0.2) is 66.9 Å². The van der Waals surface area contributed by atoms with Gasteiger partial charge in [-0.25, -0.2) is 14.8 Å². The summed E-state index contributed by atoms with van der Waals surface area (Å²) in [5.41, 5.74) is 12.0. The number of carbonyl (C=O) groups is 6. The summed E-state index contributed by atoms with van der Waals surface area (Å²) in [6.45, 7) is 10.1. The molecule has 2 aromatic heterocycles. The first kappa shape index (κ1) is 55.3. The number of ether oxygens (including phenoxy) is 2. The highest BCUT2D eigenvalue weighted by atomic mass is 16.5. The highest BCUT2D eigenvalue weighted by Gasteiger charge is 2.30. The molecular weight excluding hydrogens is 913 g/mol. The molecule has 21 nitrogen and oxygen atoms in total. The van der Waals surface area contributed by atoms with Crippen LogP contribution in [0.2, 0.25) is 0 Å². The van der Waals surface area contributed by atoms with Gasteiger partial charge in [-0.15, -0.1) is 0 Å². The molecular formula is C50H72N12O9. The summed E-state index contributed by atoms with van der Waals surface area (Å²) in [6.07, 6.45) is 4.45. The molecule has 7 amide bonds. The van der Waals surface area contributed by atoms with Gasteiger partial charge in [0, 0.05) is 87.0 Å². The normalized spacial score (nSPS) is 13.8. The van der Waals surface area contributed by atoms with Crippen LogP contribution >= 0.6 is 0 Å². The maximum Gasteiger partial charge on any atom is 0.312 e. The van der Waals surface area contributed by atoms with Gasteiger partial charge in [0.2, 0.25) is 23.6 Å². The van der Waals surface area contributed by atoms with Crippen molar-refractivity contribution in [3.63, 3.8) is 0 Å². The number of amides is 7. The molecule has 0 spiro atoms. The Morgan fingerprint density at radius 1 is 0.873 bits per heavy atom. The molecule has 1 aliphatic rings. The Labute approximate surface area is 415 Å². The van der Waals surface area contributed by atoms with Crippen LogP contribution in [-0.2, 0) is 41.7 Å². The van der Waals surface area contributed by atoms with E-state index >= 15 is 0 Å². The van der Waals surface area contributed by atoms with Crippen molar-refractivity contribution in [2.45, 2.75) is 90.5 Å². The Bertz CT molecular complexity index is 2390. The molecule has 0 aliphatic carbocycles. The van der Waals surface area contributed by atoms with E-state index < -0.39 is 47.5 Å². The topological polar surface area (TPSA) is 276 Å². The molecule has 21 heteroatoms. The average Bonchev–Trinajstić information content (AvgIpc) is 3.69. The maximum atomic E-state index is 13.6. The third-order valence-electron chi connectivity index (χ3n) is 12.1. The number of nitrogens with zero attached hydrogens (tertiary/aromatic N) is 4. The van der Waals surface area contributed by atoms with E-state index in [9.17, 15) is 33.9 Å².